The summed E-state index contributed by atoms with van der Waals surface area (Å²) in [5.74, 6) is 0.398. The van der Waals surface area contributed by atoms with Crippen molar-refractivity contribution in [2.24, 2.45) is 0 Å². The zero-order valence-corrected chi connectivity index (χ0v) is 10.3. The van der Waals surface area contributed by atoms with Crippen LogP contribution in [0.3, 0.4) is 0 Å². The van der Waals surface area contributed by atoms with E-state index < -0.39 is 0 Å². The number of hydrogen-bond acceptors (Lipinski definition) is 3. The zero-order valence-electron chi connectivity index (χ0n) is 8.73. The van der Waals surface area contributed by atoms with Crippen LogP contribution in [0.1, 0.15) is 5.56 Å². The van der Waals surface area contributed by atoms with Crippen molar-refractivity contribution in [3.8, 4) is 11.6 Å². The minimum absolute atomic E-state index is 0.165. The first-order chi connectivity index (χ1) is 8.20. The van der Waals surface area contributed by atoms with Crippen LogP contribution in [0.15, 0.2) is 41.0 Å². The normalized spacial score (nSPS) is 10.3. The Hall–Kier alpha value is -1.46. The summed E-state index contributed by atoms with van der Waals surface area (Å²) in [6, 6.07) is 7.51. The molecule has 0 atom stereocenters. The van der Waals surface area contributed by atoms with E-state index in [4.69, 9.17) is 9.84 Å². The lowest BCUT2D eigenvalue weighted by Crippen LogP contribution is -1.95. The number of aromatic nitrogens is 1. The van der Waals surface area contributed by atoms with Gasteiger partial charge >= 0.3 is 0 Å². The van der Waals surface area contributed by atoms with E-state index in [1.807, 2.05) is 0 Å². The van der Waals surface area contributed by atoms with E-state index in [9.17, 15) is 4.39 Å². The highest BCUT2D eigenvalue weighted by Gasteiger charge is 2.08. The van der Waals surface area contributed by atoms with Crippen molar-refractivity contribution >= 4 is 15.9 Å². The predicted octanol–water partition coefficient (Wildman–Crippen LogP) is 3.27. The van der Waals surface area contributed by atoms with Crippen LogP contribution in [0.2, 0.25) is 0 Å². The Kier molecular flexibility index (Phi) is 3.71. The van der Waals surface area contributed by atoms with E-state index in [-0.39, 0.29) is 12.4 Å². The Bertz CT molecular complexity index is 534. The van der Waals surface area contributed by atoms with Gasteiger partial charge in [-0.2, -0.15) is 0 Å². The van der Waals surface area contributed by atoms with E-state index in [1.165, 1.54) is 18.2 Å². The Morgan fingerprint density at radius 1 is 1.35 bits per heavy atom. The van der Waals surface area contributed by atoms with E-state index in [0.717, 1.165) is 0 Å². The highest BCUT2D eigenvalue weighted by atomic mass is 79.9. The molecule has 0 spiro atoms. The van der Waals surface area contributed by atoms with Crippen molar-refractivity contribution in [2.75, 3.05) is 0 Å². The first-order valence-electron chi connectivity index (χ1n) is 4.88. The molecule has 1 heterocycles. The molecule has 0 aliphatic heterocycles. The number of rotatable bonds is 3. The van der Waals surface area contributed by atoms with Gasteiger partial charge in [-0.25, -0.2) is 9.37 Å². The number of benzene rings is 1. The van der Waals surface area contributed by atoms with Gasteiger partial charge in [0.1, 0.15) is 11.6 Å². The predicted molar refractivity (Wildman–Crippen MR) is 64.3 cm³/mol. The second-order valence-corrected chi connectivity index (χ2v) is 4.16. The van der Waals surface area contributed by atoms with Crippen molar-refractivity contribution in [1.29, 1.82) is 0 Å². The summed E-state index contributed by atoms with van der Waals surface area (Å²) in [7, 11) is 0. The van der Waals surface area contributed by atoms with E-state index in [2.05, 4.69) is 20.9 Å². The van der Waals surface area contributed by atoms with Gasteiger partial charge in [-0.05, 0) is 46.3 Å². The van der Waals surface area contributed by atoms with Gasteiger partial charge in [-0.1, -0.05) is 0 Å². The lowest BCUT2D eigenvalue weighted by molar-refractivity contribution is 0.275. The maximum Gasteiger partial charge on any atom is 0.224 e. The molecule has 0 saturated heterocycles. The summed E-state index contributed by atoms with van der Waals surface area (Å²) < 4.78 is 18.9. The van der Waals surface area contributed by atoms with E-state index in [0.29, 0.717) is 21.7 Å². The number of aliphatic hydroxyl groups is 1. The van der Waals surface area contributed by atoms with Crippen LogP contribution in [0, 0.1) is 5.82 Å². The van der Waals surface area contributed by atoms with Crippen LogP contribution < -0.4 is 4.74 Å². The second kappa shape index (κ2) is 5.25. The molecule has 0 bridgehead atoms. The van der Waals surface area contributed by atoms with Gasteiger partial charge < -0.3 is 9.84 Å². The number of pyridine rings is 1. The summed E-state index contributed by atoms with van der Waals surface area (Å²) in [5, 5.41) is 9.12. The molecular formula is C12H9BrFNO2. The van der Waals surface area contributed by atoms with Crippen molar-refractivity contribution < 1.29 is 14.2 Å². The summed E-state index contributed by atoms with van der Waals surface area (Å²) in [4.78, 5) is 4.01. The van der Waals surface area contributed by atoms with Crippen LogP contribution in [0.25, 0.3) is 0 Å². The Morgan fingerprint density at radius 2 is 2.18 bits per heavy atom. The fourth-order valence-corrected chi connectivity index (χ4v) is 1.73. The molecule has 3 nitrogen and oxygen atoms in total. The maximum atomic E-state index is 12.9. The quantitative estimate of drug-likeness (QED) is 0.945. The van der Waals surface area contributed by atoms with E-state index in [1.54, 1.807) is 18.3 Å². The number of nitrogens with zero attached hydrogens (tertiary/aromatic N) is 1. The summed E-state index contributed by atoms with van der Waals surface area (Å²) >= 11 is 3.20. The molecule has 0 saturated carbocycles. The average Bonchev–Trinajstić information content (AvgIpc) is 2.33. The van der Waals surface area contributed by atoms with Crippen LogP contribution >= 0.6 is 15.9 Å². The fraction of sp³-hybridized carbons (Fsp3) is 0.0833. The molecule has 0 fully saturated rings. The molecule has 0 amide bonds. The standard InChI is InChI=1S/C12H9BrFNO2/c13-10-6-9(14)3-4-11(10)17-12-8(7-16)2-1-5-15-12/h1-6,16H,7H2. The smallest absolute Gasteiger partial charge is 0.224 e. The van der Waals surface area contributed by atoms with E-state index >= 15 is 0 Å². The molecule has 0 radical (unpaired) electrons. The fourth-order valence-electron chi connectivity index (χ4n) is 1.30. The zero-order chi connectivity index (χ0) is 12.3. The molecule has 5 heteroatoms. The molecule has 0 unspecified atom stereocenters. The molecule has 2 rings (SSSR count). The van der Waals surface area contributed by atoms with Crippen LogP contribution in [0.5, 0.6) is 11.6 Å². The highest BCUT2D eigenvalue weighted by Crippen LogP contribution is 2.30. The highest BCUT2D eigenvalue weighted by molar-refractivity contribution is 9.10. The SMILES string of the molecule is OCc1cccnc1Oc1ccc(F)cc1Br. The molecule has 1 aromatic carbocycles. The van der Waals surface area contributed by atoms with Crippen molar-refractivity contribution in [3.63, 3.8) is 0 Å². The molecule has 17 heavy (non-hydrogen) atoms. The first kappa shape index (κ1) is 12.0. The molecule has 88 valence electrons. The van der Waals surface area contributed by atoms with Gasteiger partial charge in [-0.3, -0.25) is 0 Å². The maximum absolute atomic E-state index is 12.9. The molecule has 2 aromatic rings. The Morgan fingerprint density at radius 3 is 2.88 bits per heavy atom. The number of hydrogen-bond donors (Lipinski definition) is 1. The molecule has 1 N–H and O–H groups in total. The molecule has 0 aliphatic rings. The lowest BCUT2D eigenvalue weighted by Gasteiger charge is -2.09. The summed E-state index contributed by atoms with van der Waals surface area (Å²) in [6.45, 7) is -0.165. The second-order valence-electron chi connectivity index (χ2n) is 3.30. The minimum atomic E-state index is -0.354. The van der Waals surface area contributed by atoms with Crippen molar-refractivity contribution in [2.45, 2.75) is 6.61 Å². The Labute approximate surface area is 106 Å². The average molecular weight is 298 g/mol. The summed E-state index contributed by atoms with van der Waals surface area (Å²) in [5.41, 5.74) is 0.573. The minimum Gasteiger partial charge on any atom is -0.437 e. The first-order valence-corrected chi connectivity index (χ1v) is 5.67. The van der Waals surface area contributed by atoms with Gasteiger partial charge in [-0.15, -0.1) is 0 Å². The van der Waals surface area contributed by atoms with Gasteiger partial charge in [0.2, 0.25) is 5.88 Å². The number of ether oxygens (including phenoxy) is 1. The molecule has 0 aliphatic carbocycles. The third-order valence-corrected chi connectivity index (χ3v) is 2.74. The Balaban J connectivity index is 2.31. The van der Waals surface area contributed by atoms with Crippen LogP contribution in [0.4, 0.5) is 4.39 Å². The van der Waals surface area contributed by atoms with Crippen LogP contribution in [-0.2, 0) is 6.61 Å². The molecular weight excluding hydrogens is 289 g/mol. The van der Waals surface area contributed by atoms with Crippen LogP contribution in [-0.4, -0.2) is 10.1 Å². The van der Waals surface area contributed by atoms with Crippen molar-refractivity contribution in [1.82, 2.24) is 4.98 Å². The topological polar surface area (TPSA) is 42.4 Å². The van der Waals surface area contributed by atoms with Gasteiger partial charge in [0.25, 0.3) is 0 Å². The largest absolute Gasteiger partial charge is 0.437 e. The third-order valence-electron chi connectivity index (χ3n) is 2.12. The molecule has 1 aromatic heterocycles. The van der Waals surface area contributed by atoms with Gasteiger partial charge in [0.15, 0.2) is 0 Å². The number of halogens is 2. The van der Waals surface area contributed by atoms with Crippen molar-refractivity contribution in [3.05, 3.63) is 52.4 Å². The van der Waals surface area contributed by atoms with Gasteiger partial charge in [0, 0.05) is 11.8 Å². The number of aliphatic hydroxyl groups excluding tert-OH is 1. The van der Waals surface area contributed by atoms with Gasteiger partial charge in [0.05, 0.1) is 11.1 Å². The lowest BCUT2D eigenvalue weighted by atomic mass is 10.3. The monoisotopic (exact) mass is 297 g/mol. The summed E-state index contributed by atoms with van der Waals surface area (Å²) in [6.07, 6.45) is 1.56. The third kappa shape index (κ3) is 2.81.